The van der Waals surface area contributed by atoms with Crippen molar-refractivity contribution in [3.63, 3.8) is 0 Å². The molecule has 4 aromatic carbocycles. The first-order chi connectivity index (χ1) is 21.0. The molecule has 0 spiro atoms. The Labute approximate surface area is 270 Å². The van der Waals surface area contributed by atoms with Crippen molar-refractivity contribution in [1.82, 2.24) is 0 Å². The Balaban J connectivity index is 1.51. The molecular formula is C43H48Hf. The Kier molecular flexibility index (Phi) is 7.44. The van der Waals surface area contributed by atoms with Gasteiger partial charge in [-0.3, -0.25) is 0 Å². The van der Waals surface area contributed by atoms with Crippen LogP contribution in [0.5, 0.6) is 0 Å². The molecule has 1 aliphatic heterocycles. The van der Waals surface area contributed by atoms with Crippen molar-refractivity contribution in [1.29, 1.82) is 0 Å². The Bertz CT molecular complexity index is 1690. The first kappa shape index (κ1) is 29.9. The van der Waals surface area contributed by atoms with Gasteiger partial charge in [-0.25, -0.2) is 0 Å². The third-order valence-electron chi connectivity index (χ3n) is 10.9. The van der Waals surface area contributed by atoms with Crippen LogP contribution in [0.3, 0.4) is 0 Å². The maximum absolute atomic E-state index is 3.14. The average molecular weight is 743 g/mol. The van der Waals surface area contributed by atoms with Crippen LogP contribution in [0.1, 0.15) is 81.3 Å². The molecule has 2 aliphatic carbocycles. The van der Waals surface area contributed by atoms with E-state index in [2.05, 4.69) is 148 Å². The summed E-state index contributed by atoms with van der Waals surface area (Å²) in [6.45, 7) is 14.3. The molecule has 3 aliphatic rings. The van der Waals surface area contributed by atoms with Gasteiger partial charge in [-0.2, -0.15) is 0 Å². The number of benzene rings is 4. The van der Waals surface area contributed by atoms with Crippen LogP contribution < -0.4 is 0 Å². The van der Waals surface area contributed by atoms with Crippen LogP contribution in [0, 0.1) is 31.1 Å². The third kappa shape index (κ3) is 4.63. The van der Waals surface area contributed by atoms with Crippen molar-refractivity contribution < 1.29 is 20.0 Å². The van der Waals surface area contributed by atoms with E-state index in [4.69, 9.17) is 0 Å². The molecule has 44 heavy (non-hydrogen) atoms. The van der Waals surface area contributed by atoms with E-state index in [0.717, 1.165) is 0 Å². The molecule has 0 aromatic heterocycles. The summed E-state index contributed by atoms with van der Waals surface area (Å²) in [5.74, 6) is 1.24. The molecule has 1 fully saturated rings. The number of rotatable bonds is 6. The van der Waals surface area contributed by atoms with E-state index in [9.17, 15) is 0 Å². The molecule has 7 rings (SSSR count). The summed E-state index contributed by atoms with van der Waals surface area (Å²) in [6, 6.07) is 32.7. The second kappa shape index (κ2) is 10.9. The van der Waals surface area contributed by atoms with Crippen molar-refractivity contribution in [2.24, 2.45) is 17.3 Å². The van der Waals surface area contributed by atoms with Gasteiger partial charge >= 0.3 is 272 Å². The van der Waals surface area contributed by atoms with Gasteiger partial charge in [0.1, 0.15) is 0 Å². The van der Waals surface area contributed by atoms with Crippen LogP contribution in [0.4, 0.5) is 0 Å². The zero-order valence-electron chi connectivity index (χ0n) is 28.0. The van der Waals surface area contributed by atoms with Gasteiger partial charge in [-0.1, -0.05) is 0 Å². The summed E-state index contributed by atoms with van der Waals surface area (Å²) in [5.41, 5.74) is 18.1. The van der Waals surface area contributed by atoms with Crippen molar-refractivity contribution in [2.75, 3.05) is 0 Å². The maximum atomic E-state index is 2.79. The quantitative estimate of drug-likeness (QED) is 0.173. The van der Waals surface area contributed by atoms with E-state index in [1.54, 1.807) is 22.3 Å². The molecule has 1 heteroatoms. The van der Waals surface area contributed by atoms with Crippen LogP contribution in [0.15, 0.2) is 96.1 Å². The standard InChI is InChI=1S/C41H42.2CH3.Hf/c1-27(2)25-41(26-28(3)4,35-21-33-15-9-17-37(39(33)23-35)31-13-7-11-29(5)19-31)36-22-34-16-10-18-38(40(34)24-36)32-14-8-12-30(6)20-32;;;/h7-24,27-28H,25-26H2,1-6H3;2*1H3;. The Morgan fingerprint density at radius 3 is 1.39 bits per heavy atom. The first-order valence-electron chi connectivity index (χ1n) is 16.9. The Morgan fingerprint density at radius 2 is 1.00 bits per heavy atom. The van der Waals surface area contributed by atoms with Gasteiger partial charge in [-0.05, 0) is 0 Å². The molecule has 224 valence electrons. The number of allylic oxidation sites excluding steroid dienone is 2. The van der Waals surface area contributed by atoms with Gasteiger partial charge in [-0.15, -0.1) is 0 Å². The predicted molar refractivity (Wildman–Crippen MR) is 188 cm³/mol. The Morgan fingerprint density at radius 1 is 0.591 bits per heavy atom. The normalized spacial score (nSPS) is 20.6. The first-order valence-corrected chi connectivity index (χ1v) is 28.2. The summed E-state index contributed by atoms with van der Waals surface area (Å²) in [5, 5.41) is 0. The van der Waals surface area contributed by atoms with Crippen LogP contribution in [-0.2, 0) is 20.0 Å². The average Bonchev–Trinajstić information content (AvgIpc) is 3.57. The topological polar surface area (TPSA) is 0 Å². The van der Waals surface area contributed by atoms with Crippen molar-refractivity contribution in [3.8, 4) is 22.3 Å². The van der Waals surface area contributed by atoms with Crippen LogP contribution in [-0.4, -0.2) is 0 Å². The molecular weight excluding hydrogens is 695 g/mol. The van der Waals surface area contributed by atoms with E-state index >= 15 is 0 Å². The zero-order valence-corrected chi connectivity index (χ0v) is 31.6. The van der Waals surface area contributed by atoms with Crippen molar-refractivity contribution >= 4 is 12.2 Å². The fourth-order valence-corrected chi connectivity index (χ4v) is 26.8. The minimum atomic E-state index is -3.14. The SMILES string of the molecule is Cc1cccc(-c2cccc3c2C=C2[CH]3[Hf]([CH3])([CH3])[CH]3C(=Cc4c(-c5cccc(C)c5)cccc43)C2(CC(C)C)CC(C)C)c1. The molecule has 2 unspecified atom stereocenters. The van der Waals surface area contributed by atoms with Crippen molar-refractivity contribution in [3.05, 3.63) is 129 Å². The van der Waals surface area contributed by atoms with Gasteiger partial charge in [0, 0.05) is 0 Å². The zero-order chi connectivity index (χ0) is 31.0. The fraction of sp³-hybridized carbons (Fsp3) is 0.349. The van der Waals surface area contributed by atoms with Gasteiger partial charge in [0.15, 0.2) is 0 Å². The molecule has 4 aromatic rings. The molecule has 0 nitrogen and oxygen atoms in total. The summed E-state index contributed by atoms with van der Waals surface area (Å²) >= 11 is -3.14. The van der Waals surface area contributed by atoms with E-state index in [1.807, 2.05) is 0 Å². The fourth-order valence-electron chi connectivity index (χ4n) is 9.65. The van der Waals surface area contributed by atoms with Gasteiger partial charge in [0.2, 0.25) is 0 Å². The monoisotopic (exact) mass is 744 g/mol. The molecule has 1 saturated heterocycles. The van der Waals surface area contributed by atoms with E-state index in [-0.39, 0.29) is 5.41 Å². The van der Waals surface area contributed by atoms with Gasteiger partial charge in [0.05, 0.1) is 0 Å². The number of hydrogen-bond donors (Lipinski definition) is 0. The number of fused-ring (bicyclic) bond motifs is 6. The van der Waals surface area contributed by atoms with Gasteiger partial charge in [0.25, 0.3) is 0 Å². The molecule has 0 amide bonds. The van der Waals surface area contributed by atoms with Crippen LogP contribution >= 0.6 is 0 Å². The Hall–Kier alpha value is -2.77. The second-order valence-electron chi connectivity index (χ2n) is 15.5. The summed E-state index contributed by atoms with van der Waals surface area (Å²) in [6.07, 6.45) is 7.90. The second-order valence-corrected chi connectivity index (χ2v) is 32.8. The summed E-state index contributed by atoms with van der Waals surface area (Å²) in [4.78, 5) is 0. The third-order valence-corrected chi connectivity index (χ3v) is 26.0. The molecule has 1 heterocycles. The molecule has 0 N–H and O–H groups in total. The number of hydrogen-bond acceptors (Lipinski definition) is 0. The molecule has 2 atom stereocenters. The van der Waals surface area contributed by atoms with Crippen molar-refractivity contribution in [2.45, 2.75) is 71.1 Å². The van der Waals surface area contributed by atoms with Crippen LogP contribution in [0.2, 0.25) is 9.36 Å². The van der Waals surface area contributed by atoms with Crippen LogP contribution in [0.25, 0.3) is 34.4 Å². The van der Waals surface area contributed by atoms with E-state index in [1.165, 1.54) is 57.3 Å². The van der Waals surface area contributed by atoms with Gasteiger partial charge < -0.3 is 0 Å². The molecule has 0 bridgehead atoms. The molecule has 0 radical (unpaired) electrons. The van der Waals surface area contributed by atoms with E-state index in [0.29, 0.717) is 19.2 Å². The predicted octanol–water partition coefficient (Wildman–Crippen LogP) is 12.6. The summed E-state index contributed by atoms with van der Waals surface area (Å²) < 4.78 is 6.80. The van der Waals surface area contributed by atoms with E-state index < -0.39 is 20.0 Å². The minimum absolute atomic E-state index is 0.0823. The summed E-state index contributed by atoms with van der Waals surface area (Å²) in [7, 11) is 0. The molecule has 0 saturated carbocycles. The number of aryl methyl sites for hydroxylation is 2.